The number of carbonyl (C=O) groups is 2. The number of ether oxygens (including phenoxy) is 4. The quantitative estimate of drug-likeness (QED) is 0.270. The van der Waals surface area contributed by atoms with Crippen molar-refractivity contribution in [1.82, 2.24) is 10.6 Å². The maximum absolute atomic E-state index is 12.4. The molecule has 2 atom stereocenters. The van der Waals surface area contributed by atoms with Crippen molar-refractivity contribution in [3.8, 4) is 11.5 Å². The van der Waals surface area contributed by atoms with Crippen LogP contribution in [0.2, 0.25) is 0 Å². The topological polar surface area (TPSA) is 95.1 Å². The maximum Gasteiger partial charge on any atom is 0.408 e. The van der Waals surface area contributed by atoms with Gasteiger partial charge in [-0.1, -0.05) is 24.3 Å². The third-order valence-corrected chi connectivity index (χ3v) is 7.61. The summed E-state index contributed by atoms with van der Waals surface area (Å²) in [6.45, 7) is 12.5. The lowest BCUT2D eigenvalue weighted by molar-refractivity contribution is 0.0486. The molecule has 236 valence electrons. The molecule has 2 aromatic rings. The fourth-order valence-electron chi connectivity index (χ4n) is 5.85. The van der Waals surface area contributed by atoms with Crippen molar-refractivity contribution >= 4 is 12.2 Å². The van der Waals surface area contributed by atoms with Crippen LogP contribution in [0.25, 0.3) is 0 Å². The van der Waals surface area contributed by atoms with Crippen LogP contribution in [-0.4, -0.2) is 36.6 Å². The molecule has 0 bridgehead atoms. The van der Waals surface area contributed by atoms with E-state index in [1.54, 1.807) is 0 Å². The van der Waals surface area contributed by atoms with Gasteiger partial charge in [0, 0.05) is 0 Å². The first-order valence-corrected chi connectivity index (χ1v) is 15.9. The fraction of sp³-hybridized carbons (Fsp3) is 0.600. The molecule has 2 aliphatic rings. The molecule has 8 nitrogen and oxygen atoms in total. The average Bonchev–Trinajstić information content (AvgIpc) is 2.91. The molecular formula is C35H50N2O6. The van der Waals surface area contributed by atoms with Crippen molar-refractivity contribution in [3.05, 3.63) is 58.7 Å². The number of fused-ring (bicyclic) bond motifs is 2. The summed E-state index contributed by atoms with van der Waals surface area (Å²) in [6, 6.07) is 12.1. The van der Waals surface area contributed by atoms with Crippen LogP contribution in [0.4, 0.5) is 9.59 Å². The van der Waals surface area contributed by atoms with Crippen LogP contribution >= 0.6 is 0 Å². The van der Waals surface area contributed by atoms with Crippen molar-refractivity contribution in [1.29, 1.82) is 0 Å². The Bertz CT molecular complexity index is 1150. The van der Waals surface area contributed by atoms with E-state index in [1.165, 1.54) is 11.1 Å². The summed E-state index contributed by atoms with van der Waals surface area (Å²) in [5.74, 6) is 1.82. The van der Waals surface area contributed by atoms with Gasteiger partial charge < -0.3 is 29.6 Å². The van der Waals surface area contributed by atoms with Gasteiger partial charge in [0.25, 0.3) is 0 Å². The highest BCUT2D eigenvalue weighted by atomic mass is 16.6. The Kier molecular flexibility index (Phi) is 10.9. The van der Waals surface area contributed by atoms with Crippen LogP contribution in [0.5, 0.6) is 11.5 Å². The standard InChI is InChI=1S/C35H50N2O6/c1-34(2,3)42-32(38)36-28-18-10-16-26-24(28)14-12-20-30(26)40-22-8-7-9-23-41-31-21-13-15-25-27(31)17-11-19-29(25)37-33(39)43-35(4,5)6/h12-15,20-21,28-29H,7-11,16-19,22-23H2,1-6H3,(H,36,38)(H,37,39)/t28-,29-/m1/s1. The van der Waals surface area contributed by atoms with Crippen molar-refractivity contribution in [3.63, 3.8) is 0 Å². The van der Waals surface area contributed by atoms with E-state index in [4.69, 9.17) is 18.9 Å². The molecule has 2 aliphatic carbocycles. The van der Waals surface area contributed by atoms with Gasteiger partial charge in [0.15, 0.2) is 0 Å². The Morgan fingerprint density at radius 1 is 0.674 bits per heavy atom. The zero-order valence-electron chi connectivity index (χ0n) is 26.8. The number of benzene rings is 2. The van der Waals surface area contributed by atoms with Gasteiger partial charge in [-0.25, -0.2) is 9.59 Å². The third kappa shape index (κ3) is 9.80. The molecule has 0 saturated heterocycles. The molecule has 0 fully saturated rings. The second kappa shape index (κ2) is 14.4. The summed E-state index contributed by atoms with van der Waals surface area (Å²) in [5, 5.41) is 6.09. The molecule has 2 aromatic carbocycles. The minimum absolute atomic E-state index is 0.0635. The van der Waals surface area contributed by atoms with E-state index in [-0.39, 0.29) is 24.3 Å². The minimum Gasteiger partial charge on any atom is -0.493 e. The van der Waals surface area contributed by atoms with Gasteiger partial charge in [0.05, 0.1) is 25.3 Å². The highest BCUT2D eigenvalue weighted by Crippen LogP contribution is 2.37. The monoisotopic (exact) mass is 594 g/mol. The predicted molar refractivity (Wildman–Crippen MR) is 168 cm³/mol. The Morgan fingerprint density at radius 3 is 1.49 bits per heavy atom. The smallest absolute Gasteiger partial charge is 0.408 e. The van der Waals surface area contributed by atoms with Gasteiger partial charge in [0.1, 0.15) is 22.7 Å². The first-order valence-electron chi connectivity index (χ1n) is 15.9. The van der Waals surface area contributed by atoms with E-state index in [1.807, 2.05) is 65.8 Å². The van der Waals surface area contributed by atoms with Crippen LogP contribution in [-0.2, 0) is 22.3 Å². The van der Waals surface area contributed by atoms with Crippen molar-refractivity contribution in [2.75, 3.05) is 13.2 Å². The molecular weight excluding hydrogens is 544 g/mol. The molecule has 0 aliphatic heterocycles. The molecule has 0 saturated carbocycles. The summed E-state index contributed by atoms with van der Waals surface area (Å²) in [4.78, 5) is 24.8. The first kappa shape index (κ1) is 32.5. The Balaban J connectivity index is 1.22. The van der Waals surface area contributed by atoms with Gasteiger partial charge in [-0.2, -0.15) is 0 Å². The molecule has 2 N–H and O–H groups in total. The van der Waals surface area contributed by atoms with E-state index in [0.29, 0.717) is 13.2 Å². The largest absolute Gasteiger partial charge is 0.493 e. The minimum atomic E-state index is -0.526. The second-order valence-electron chi connectivity index (χ2n) is 13.6. The highest BCUT2D eigenvalue weighted by molar-refractivity contribution is 5.69. The molecule has 0 radical (unpaired) electrons. The molecule has 0 heterocycles. The lowest BCUT2D eigenvalue weighted by Gasteiger charge is -2.29. The van der Waals surface area contributed by atoms with E-state index in [9.17, 15) is 9.59 Å². The number of rotatable bonds is 10. The third-order valence-electron chi connectivity index (χ3n) is 7.61. The van der Waals surface area contributed by atoms with Crippen molar-refractivity contribution < 1.29 is 28.5 Å². The van der Waals surface area contributed by atoms with Crippen LogP contribution in [0.15, 0.2) is 36.4 Å². The second-order valence-corrected chi connectivity index (χ2v) is 13.6. The summed E-state index contributed by atoms with van der Waals surface area (Å²) in [7, 11) is 0. The van der Waals surface area contributed by atoms with Gasteiger partial charge in [-0.3, -0.25) is 0 Å². The number of carbonyl (C=O) groups excluding carboxylic acids is 2. The van der Waals surface area contributed by atoms with Gasteiger partial charge in [-0.05, 0) is 134 Å². The molecule has 0 spiro atoms. The lowest BCUT2D eigenvalue weighted by Crippen LogP contribution is -2.36. The predicted octanol–water partition coefficient (Wildman–Crippen LogP) is 8.12. The van der Waals surface area contributed by atoms with Gasteiger partial charge in [0.2, 0.25) is 0 Å². The molecule has 2 amide bonds. The van der Waals surface area contributed by atoms with Crippen LogP contribution in [0.3, 0.4) is 0 Å². The summed E-state index contributed by atoms with van der Waals surface area (Å²) >= 11 is 0. The van der Waals surface area contributed by atoms with E-state index in [0.717, 1.165) is 80.4 Å². The zero-order valence-corrected chi connectivity index (χ0v) is 26.8. The Labute approximate surface area is 257 Å². The zero-order chi connectivity index (χ0) is 31.0. The first-order chi connectivity index (χ1) is 20.4. The molecule has 43 heavy (non-hydrogen) atoms. The van der Waals surface area contributed by atoms with Crippen molar-refractivity contribution in [2.45, 2.75) is 123 Å². The van der Waals surface area contributed by atoms with E-state index in [2.05, 4.69) is 22.8 Å². The summed E-state index contributed by atoms with van der Waals surface area (Å²) in [5.41, 5.74) is 3.57. The number of hydrogen-bond donors (Lipinski definition) is 2. The number of unbranched alkanes of at least 4 members (excludes halogenated alkanes) is 2. The lowest BCUT2D eigenvalue weighted by atomic mass is 9.87. The molecule has 8 heteroatoms. The van der Waals surface area contributed by atoms with Gasteiger partial charge >= 0.3 is 12.2 Å². The molecule has 0 aromatic heterocycles. The average molecular weight is 595 g/mol. The number of nitrogens with one attached hydrogen (secondary N) is 2. The number of alkyl carbamates (subject to hydrolysis) is 2. The maximum atomic E-state index is 12.4. The van der Waals surface area contributed by atoms with Crippen molar-refractivity contribution in [2.24, 2.45) is 0 Å². The highest BCUT2D eigenvalue weighted by Gasteiger charge is 2.28. The SMILES string of the molecule is CC(C)(C)OC(=O)N[C@@H]1CCCc2c(OCCCCCOc3cccc4c3CCC[C@H]4NC(=O)OC(C)(C)C)cccc21. The molecule has 0 unspecified atom stereocenters. The van der Waals surface area contributed by atoms with E-state index < -0.39 is 11.2 Å². The van der Waals surface area contributed by atoms with Crippen LogP contribution in [0, 0.1) is 0 Å². The van der Waals surface area contributed by atoms with E-state index >= 15 is 0 Å². The summed E-state index contributed by atoms with van der Waals surface area (Å²) in [6.07, 6.45) is 7.75. The fourth-order valence-corrected chi connectivity index (χ4v) is 5.85. The summed E-state index contributed by atoms with van der Waals surface area (Å²) < 4.78 is 23.4. The number of hydrogen-bond acceptors (Lipinski definition) is 6. The van der Waals surface area contributed by atoms with Gasteiger partial charge in [-0.15, -0.1) is 0 Å². The normalized spacial score (nSPS) is 18.1. The number of amides is 2. The molecule has 4 rings (SSSR count). The van der Waals surface area contributed by atoms with Crippen LogP contribution in [0.1, 0.15) is 121 Å². The van der Waals surface area contributed by atoms with Crippen LogP contribution < -0.4 is 20.1 Å². The Hall–Kier alpha value is -3.42. The Morgan fingerprint density at radius 2 is 1.09 bits per heavy atom.